The average molecular weight is 316 g/mol. The number of hydrogen-bond donors (Lipinski definition) is 1. The van der Waals surface area contributed by atoms with Crippen LogP contribution in [0.15, 0.2) is 17.5 Å². The molecule has 1 aliphatic rings. The third kappa shape index (κ3) is 4.88. The highest BCUT2D eigenvalue weighted by Crippen LogP contribution is 2.11. The lowest BCUT2D eigenvalue weighted by Gasteiger charge is -2.17. The molecule has 5 nitrogen and oxygen atoms in total. The molecule has 20 heavy (non-hydrogen) atoms. The van der Waals surface area contributed by atoms with E-state index in [-0.39, 0.29) is 23.5 Å². The molecule has 0 radical (unpaired) electrons. The molecule has 7 heteroatoms. The number of thiophene rings is 1. The normalized spacial score (nSPS) is 21.2. The van der Waals surface area contributed by atoms with E-state index in [4.69, 9.17) is 0 Å². The maximum Gasteiger partial charge on any atom is 0.234 e. The van der Waals surface area contributed by atoms with Crippen molar-refractivity contribution in [1.82, 2.24) is 10.2 Å². The minimum Gasteiger partial charge on any atom is -0.351 e. The minimum absolute atomic E-state index is 0.0810. The number of rotatable bonds is 6. The molecule has 1 aliphatic heterocycles. The van der Waals surface area contributed by atoms with Crippen molar-refractivity contribution >= 4 is 27.1 Å². The third-order valence-electron chi connectivity index (χ3n) is 3.33. The Morgan fingerprint density at radius 1 is 1.55 bits per heavy atom. The van der Waals surface area contributed by atoms with E-state index in [2.05, 4.69) is 11.4 Å². The zero-order valence-corrected chi connectivity index (χ0v) is 13.2. The SMILES string of the molecule is CN(CCc1cccs1)CC(=O)N[C@H]1CCS(=O)(=O)C1. The van der Waals surface area contributed by atoms with E-state index in [9.17, 15) is 13.2 Å². The highest BCUT2D eigenvalue weighted by molar-refractivity contribution is 7.91. The van der Waals surface area contributed by atoms with E-state index in [1.54, 1.807) is 11.3 Å². The van der Waals surface area contributed by atoms with E-state index in [1.807, 2.05) is 23.4 Å². The quantitative estimate of drug-likeness (QED) is 0.831. The Hall–Kier alpha value is -0.920. The van der Waals surface area contributed by atoms with Gasteiger partial charge in [-0.3, -0.25) is 9.69 Å². The lowest BCUT2D eigenvalue weighted by Crippen LogP contribution is -2.41. The molecule has 112 valence electrons. The van der Waals surface area contributed by atoms with Crippen LogP contribution < -0.4 is 5.32 Å². The van der Waals surface area contributed by atoms with Gasteiger partial charge in [0.1, 0.15) is 0 Å². The summed E-state index contributed by atoms with van der Waals surface area (Å²) in [4.78, 5) is 15.1. The molecule has 2 heterocycles. The fourth-order valence-electron chi connectivity index (χ4n) is 2.26. The van der Waals surface area contributed by atoms with E-state index >= 15 is 0 Å². The van der Waals surface area contributed by atoms with Gasteiger partial charge in [-0.15, -0.1) is 11.3 Å². The number of nitrogens with zero attached hydrogens (tertiary/aromatic N) is 1. The topological polar surface area (TPSA) is 66.5 Å². The van der Waals surface area contributed by atoms with Gasteiger partial charge in [0.2, 0.25) is 5.91 Å². The Morgan fingerprint density at radius 3 is 2.95 bits per heavy atom. The van der Waals surface area contributed by atoms with E-state index in [0.717, 1.165) is 13.0 Å². The average Bonchev–Trinajstić information content (AvgIpc) is 2.96. The first-order valence-electron chi connectivity index (χ1n) is 6.65. The molecule has 0 unspecified atom stereocenters. The standard InChI is InChI=1S/C13H20N2O3S2/c1-15(6-4-12-3-2-7-19-12)9-13(16)14-11-5-8-20(17,18)10-11/h2-3,7,11H,4-6,8-10H2,1H3,(H,14,16)/t11-/m0/s1. The molecule has 0 aromatic carbocycles. The van der Waals surface area contributed by atoms with Crippen molar-refractivity contribution < 1.29 is 13.2 Å². The summed E-state index contributed by atoms with van der Waals surface area (Å²) in [5, 5.41) is 4.85. The number of carbonyl (C=O) groups excluding carboxylic acids is 1. The predicted octanol–water partition coefficient (Wildman–Crippen LogP) is 0.526. The van der Waals surface area contributed by atoms with Crippen molar-refractivity contribution in [3.8, 4) is 0 Å². The first-order valence-corrected chi connectivity index (χ1v) is 9.35. The number of amides is 1. The Kier molecular flexibility index (Phi) is 5.17. The van der Waals surface area contributed by atoms with Crippen LogP contribution in [0.4, 0.5) is 0 Å². The van der Waals surface area contributed by atoms with Crippen molar-refractivity contribution in [3.05, 3.63) is 22.4 Å². The molecular formula is C13H20N2O3S2. The molecular weight excluding hydrogens is 296 g/mol. The molecule has 0 saturated carbocycles. The molecule has 1 aromatic heterocycles. The zero-order valence-electron chi connectivity index (χ0n) is 11.5. The Labute approximate surface area is 123 Å². The van der Waals surface area contributed by atoms with Crippen LogP contribution in [-0.4, -0.2) is 56.9 Å². The zero-order chi connectivity index (χ0) is 14.6. The van der Waals surface area contributed by atoms with Crippen LogP contribution in [0.5, 0.6) is 0 Å². The number of likely N-dealkylation sites (N-methyl/N-ethyl adjacent to an activating group) is 1. The molecule has 1 N–H and O–H groups in total. The Morgan fingerprint density at radius 2 is 2.35 bits per heavy atom. The Balaban J connectivity index is 1.69. The summed E-state index contributed by atoms with van der Waals surface area (Å²) in [7, 11) is -1.03. The van der Waals surface area contributed by atoms with Crippen LogP contribution in [-0.2, 0) is 21.1 Å². The lowest BCUT2D eigenvalue weighted by atomic mass is 10.2. The molecule has 1 aromatic rings. The van der Waals surface area contributed by atoms with Gasteiger partial charge < -0.3 is 5.32 Å². The summed E-state index contributed by atoms with van der Waals surface area (Å²) in [5.41, 5.74) is 0. The van der Waals surface area contributed by atoms with Crippen molar-refractivity contribution in [2.75, 3.05) is 31.6 Å². The summed E-state index contributed by atoms with van der Waals surface area (Å²) in [6.45, 7) is 1.12. The molecule has 0 aliphatic carbocycles. The van der Waals surface area contributed by atoms with Gasteiger partial charge in [-0.1, -0.05) is 6.07 Å². The van der Waals surface area contributed by atoms with Crippen molar-refractivity contribution in [2.45, 2.75) is 18.9 Å². The second kappa shape index (κ2) is 6.69. The van der Waals surface area contributed by atoms with Crippen molar-refractivity contribution in [1.29, 1.82) is 0 Å². The summed E-state index contributed by atoms with van der Waals surface area (Å²) < 4.78 is 22.6. The minimum atomic E-state index is -2.94. The van der Waals surface area contributed by atoms with Gasteiger partial charge >= 0.3 is 0 Å². The van der Waals surface area contributed by atoms with Gasteiger partial charge in [-0.25, -0.2) is 8.42 Å². The summed E-state index contributed by atoms with van der Waals surface area (Å²) >= 11 is 1.72. The largest absolute Gasteiger partial charge is 0.351 e. The van der Waals surface area contributed by atoms with E-state index < -0.39 is 9.84 Å². The number of nitrogens with one attached hydrogen (secondary N) is 1. The maximum absolute atomic E-state index is 11.8. The third-order valence-corrected chi connectivity index (χ3v) is 6.04. The van der Waals surface area contributed by atoms with Crippen LogP contribution in [0.25, 0.3) is 0 Å². The molecule has 1 amide bonds. The van der Waals surface area contributed by atoms with E-state index in [1.165, 1.54) is 4.88 Å². The Bertz CT molecular complexity index is 540. The summed E-state index contributed by atoms with van der Waals surface area (Å²) in [6.07, 6.45) is 1.46. The van der Waals surface area contributed by atoms with Crippen LogP contribution in [0.1, 0.15) is 11.3 Å². The van der Waals surface area contributed by atoms with Crippen LogP contribution in [0.3, 0.4) is 0 Å². The molecule has 0 spiro atoms. The van der Waals surface area contributed by atoms with Crippen LogP contribution in [0, 0.1) is 0 Å². The maximum atomic E-state index is 11.8. The summed E-state index contributed by atoms with van der Waals surface area (Å²) in [6, 6.07) is 3.90. The fraction of sp³-hybridized carbons (Fsp3) is 0.615. The molecule has 0 bridgehead atoms. The van der Waals surface area contributed by atoms with Gasteiger partial charge in [-0.05, 0) is 31.3 Å². The smallest absolute Gasteiger partial charge is 0.234 e. The number of hydrogen-bond acceptors (Lipinski definition) is 5. The molecule has 2 rings (SSSR count). The lowest BCUT2D eigenvalue weighted by molar-refractivity contribution is -0.122. The predicted molar refractivity (Wildman–Crippen MR) is 80.7 cm³/mol. The molecule has 1 atom stereocenters. The van der Waals surface area contributed by atoms with Crippen molar-refractivity contribution in [3.63, 3.8) is 0 Å². The van der Waals surface area contributed by atoms with E-state index in [0.29, 0.717) is 13.0 Å². The van der Waals surface area contributed by atoms with Crippen LogP contribution >= 0.6 is 11.3 Å². The molecule has 1 saturated heterocycles. The second-order valence-corrected chi connectivity index (χ2v) is 8.50. The monoisotopic (exact) mass is 316 g/mol. The first-order chi connectivity index (χ1) is 9.44. The highest BCUT2D eigenvalue weighted by atomic mass is 32.2. The number of sulfone groups is 1. The highest BCUT2D eigenvalue weighted by Gasteiger charge is 2.28. The fourth-order valence-corrected chi connectivity index (χ4v) is 4.63. The number of carbonyl (C=O) groups is 1. The van der Waals surface area contributed by atoms with Gasteiger partial charge in [0, 0.05) is 17.5 Å². The first kappa shape index (κ1) is 15.5. The van der Waals surface area contributed by atoms with Crippen molar-refractivity contribution in [2.24, 2.45) is 0 Å². The van der Waals surface area contributed by atoms with Gasteiger partial charge in [0.15, 0.2) is 9.84 Å². The summed E-state index contributed by atoms with van der Waals surface area (Å²) in [5.74, 6) is 0.171. The van der Waals surface area contributed by atoms with Gasteiger partial charge in [-0.2, -0.15) is 0 Å². The van der Waals surface area contributed by atoms with Gasteiger partial charge in [0.25, 0.3) is 0 Å². The van der Waals surface area contributed by atoms with Crippen LogP contribution in [0.2, 0.25) is 0 Å². The van der Waals surface area contributed by atoms with Gasteiger partial charge in [0.05, 0.1) is 18.1 Å². The molecule has 1 fully saturated rings. The second-order valence-electron chi connectivity index (χ2n) is 5.23.